The summed E-state index contributed by atoms with van der Waals surface area (Å²) in [7, 11) is 1.23. The van der Waals surface area contributed by atoms with Gasteiger partial charge >= 0.3 is 0 Å². The van der Waals surface area contributed by atoms with Crippen molar-refractivity contribution in [1.82, 2.24) is 5.32 Å². The second-order valence-corrected chi connectivity index (χ2v) is 22.4. The first-order chi connectivity index (χ1) is 33.5. The van der Waals surface area contributed by atoms with E-state index in [2.05, 4.69) is 67.8 Å². The molecule has 1 amide bonds. The Morgan fingerprint density at radius 2 is 0.855 bits per heavy atom. The zero-order valence-corrected chi connectivity index (χ0v) is 46.9. The monoisotopic (exact) mass is 989 g/mol. The highest BCUT2D eigenvalue weighted by molar-refractivity contribution is 7.45. The standard InChI is InChI=1S/C60H113N2O6P/c1-6-8-10-12-14-16-18-20-22-24-25-26-27-28-29-30-31-32-33-34-35-36-38-39-41-43-45-47-49-51-53-59(63)58(57-68-69(65,66)67-56-55-62(3,4)5)61-60(64)54-52-50-48-46-44-42-40-37-23-21-19-17-15-13-11-9-7-2/h15,17,21,23,36,38,43,45,51,53,58-59,63H,6-14,16,18-20,22,24-35,37,39-42,44,46-50,52,54-57H2,1-5H3,(H-,61,64,65,66)/b17-15-,23-21-,38-36+,45-43+,53-51+. The van der Waals surface area contributed by atoms with Crippen LogP contribution in [-0.4, -0.2) is 68.5 Å². The lowest BCUT2D eigenvalue weighted by Crippen LogP contribution is -2.45. The lowest BCUT2D eigenvalue weighted by atomic mass is 10.0. The number of carbonyl (C=O) groups is 1. The van der Waals surface area contributed by atoms with Gasteiger partial charge in [-0.15, -0.1) is 0 Å². The number of nitrogens with zero attached hydrogens (tertiary/aromatic N) is 1. The first kappa shape index (κ1) is 67.2. The van der Waals surface area contributed by atoms with Gasteiger partial charge in [0.2, 0.25) is 5.91 Å². The van der Waals surface area contributed by atoms with E-state index in [1.165, 1.54) is 180 Å². The highest BCUT2D eigenvalue weighted by Crippen LogP contribution is 2.38. The number of hydrogen-bond acceptors (Lipinski definition) is 6. The zero-order chi connectivity index (χ0) is 50.6. The zero-order valence-electron chi connectivity index (χ0n) is 46.0. The molecule has 0 spiro atoms. The molecule has 0 saturated heterocycles. The number of aliphatic hydroxyl groups is 1. The van der Waals surface area contributed by atoms with Crippen molar-refractivity contribution in [2.45, 2.75) is 276 Å². The van der Waals surface area contributed by atoms with Gasteiger partial charge < -0.3 is 28.8 Å². The van der Waals surface area contributed by atoms with Crippen LogP contribution in [0.3, 0.4) is 0 Å². The maximum atomic E-state index is 12.9. The summed E-state index contributed by atoms with van der Waals surface area (Å²) in [5.41, 5.74) is 0. The number of carbonyl (C=O) groups excluding carboxylic acids is 1. The second kappa shape index (κ2) is 51.1. The number of amides is 1. The van der Waals surface area contributed by atoms with Gasteiger partial charge in [-0.25, -0.2) is 0 Å². The third-order valence-corrected chi connectivity index (χ3v) is 13.9. The smallest absolute Gasteiger partial charge is 0.268 e. The molecule has 0 radical (unpaired) electrons. The molecule has 0 saturated carbocycles. The van der Waals surface area contributed by atoms with Crippen molar-refractivity contribution in [1.29, 1.82) is 0 Å². The molecule has 0 aliphatic rings. The van der Waals surface area contributed by atoms with Crippen molar-refractivity contribution in [3.8, 4) is 0 Å². The summed E-state index contributed by atoms with van der Waals surface area (Å²) >= 11 is 0. The Kier molecular flexibility index (Phi) is 49.8. The van der Waals surface area contributed by atoms with Gasteiger partial charge in [0.05, 0.1) is 39.9 Å². The van der Waals surface area contributed by atoms with E-state index in [-0.39, 0.29) is 12.5 Å². The topological polar surface area (TPSA) is 108 Å². The molecule has 0 aromatic carbocycles. The first-order valence-corrected chi connectivity index (χ1v) is 30.6. The molecule has 0 rings (SSSR count). The summed E-state index contributed by atoms with van der Waals surface area (Å²) in [6, 6.07) is -0.917. The van der Waals surface area contributed by atoms with Crippen LogP contribution in [0.15, 0.2) is 60.8 Å². The summed E-state index contributed by atoms with van der Waals surface area (Å²) < 4.78 is 23.3. The molecule has 69 heavy (non-hydrogen) atoms. The van der Waals surface area contributed by atoms with E-state index in [0.717, 1.165) is 64.2 Å². The Morgan fingerprint density at radius 3 is 1.29 bits per heavy atom. The number of quaternary nitrogens is 1. The van der Waals surface area contributed by atoms with Gasteiger partial charge in [-0.05, 0) is 77.0 Å². The average Bonchev–Trinajstić information content (AvgIpc) is 3.31. The molecule has 3 unspecified atom stereocenters. The number of allylic oxidation sites excluding steroid dienone is 9. The van der Waals surface area contributed by atoms with Gasteiger partial charge in [-0.3, -0.25) is 9.36 Å². The van der Waals surface area contributed by atoms with Crippen molar-refractivity contribution in [2.24, 2.45) is 0 Å². The van der Waals surface area contributed by atoms with Crippen LogP contribution in [0.25, 0.3) is 0 Å². The highest BCUT2D eigenvalue weighted by atomic mass is 31.2. The third-order valence-electron chi connectivity index (χ3n) is 12.9. The molecule has 0 fully saturated rings. The molecule has 3 atom stereocenters. The molecule has 8 nitrogen and oxygen atoms in total. The SMILES string of the molecule is CCCCC/C=C\C/C=C\CCCCCCCCCC(=O)NC(COP(=O)([O-])OCC[N+](C)(C)C)C(O)/C=C/CC/C=C/CC/C=C/CCCCCCCCCCCCCCCCCCCCCC. The van der Waals surface area contributed by atoms with Gasteiger partial charge in [0.25, 0.3) is 7.82 Å². The Labute approximate surface area is 428 Å². The minimum absolute atomic E-state index is 0.0125. The van der Waals surface area contributed by atoms with E-state index in [4.69, 9.17) is 9.05 Å². The number of hydrogen-bond donors (Lipinski definition) is 2. The maximum absolute atomic E-state index is 12.9. The normalized spacial score (nSPS) is 14.4. The van der Waals surface area contributed by atoms with E-state index in [1.54, 1.807) is 6.08 Å². The second-order valence-electron chi connectivity index (χ2n) is 21.0. The Bertz CT molecular complexity index is 1310. The van der Waals surface area contributed by atoms with Crippen molar-refractivity contribution in [3.63, 3.8) is 0 Å². The minimum atomic E-state index is -4.61. The molecule has 0 aliphatic carbocycles. The van der Waals surface area contributed by atoms with Crippen molar-refractivity contribution >= 4 is 13.7 Å². The van der Waals surface area contributed by atoms with Crippen LogP contribution in [0.2, 0.25) is 0 Å². The predicted molar refractivity (Wildman–Crippen MR) is 297 cm³/mol. The summed E-state index contributed by atoms with van der Waals surface area (Å²) in [6.07, 6.45) is 68.8. The van der Waals surface area contributed by atoms with Crippen LogP contribution in [0, 0.1) is 0 Å². The fourth-order valence-electron chi connectivity index (χ4n) is 8.33. The number of phosphoric ester groups is 1. The first-order valence-electron chi connectivity index (χ1n) is 29.2. The van der Waals surface area contributed by atoms with E-state index in [9.17, 15) is 19.4 Å². The quantitative estimate of drug-likeness (QED) is 0.0272. The Hall–Kier alpha value is -1.80. The third kappa shape index (κ3) is 53.8. The molecule has 9 heteroatoms. The Balaban J connectivity index is 4.24. The van der Waals surface area contributed by atoms with Gasteiger partial charge in [-0.1, -0.05) is 242 Å². The molecule has 0 aromatic rings. The van der Waals surface area contributed by atoms with Crippen LogP contribution in [0.5, 0.6) is 0 Å². The van der Waals surface area contributed by atoms with Crippen LogP contribution < -0.4 is 10.2 Å². The molecular formula is C60H113N2O6P. The van der Waals surface area contributed by atoms with E-state index in [1.807, 2.05) is 27.2 Å². The number of unbranched alkanes of at least 4 members (excludes halogenated alkanes) is 32. The summed E-state index contributed by atoms with van der Waals surface area (Å²) in [6.45, 7) is 4.60. The fourth-order valence-corrected chi connectivity index (χ4v) is 9.06. The largest absolute Gasteiger partial charge is 0.756 e. The number of nitrogens with one attached hydrogen (secondary N) is 1. The lowest BCUT2D eigenvalue weighted by Gasteiger charge is -2.29. The average molecular weight is 990 g/mol. The van der Waals surface area contributed by atoms with Gasteiger partial charge in [0.1, 0.15) is 13.2 Å². The minimum Gasteiger partial charge on any atom is -0.756 e. The Morgan fingerprint density at radius 1 is 0.507 bits per heavy atom. The highest BCUT2D eigenvalue weighted by Gasteiger charge is 2.23. The molecule has 2 N–H and O–H groups in total. The van der Waals surface area contributed by atoms with Gasteiger partial charge in [0, 0.05) is 6.42 Å². The molecule has 404 valence electrons. The number of likely N-dealkylation sites (N-methyl/N-ethyl adjacent to an activating group) is 1. The van der Waals surface area contributed by atoms with Crippen molar-refractivity contribution in [3.05, 3.63) is 60.8 Å². The number of rotatable bonds is 53. The maximum Gasteiger partial charge on any atom is 0.268 e. The van der Waals surface area contributed by atoms with E-state index >= 15 is 0 Å². The number of aliphatic hydroxyl groups excluding tert-OH is 1. The molecule has 0 bridgehead atoms. The van der Waals surface area contributed by atoms with Crippen molar-refractivity contribution in [2.75, 3.05) is 40.9 Å². The van der Waals surface area contributed by atoms with Crippen LogP contribution in [0.1, 0.15) is 264 Å². The predicted octanol–water partition coefficient (Wildman–Crippen LogP) is 17.1. The number of phosphoric acid groups is 1. The van der Waals surface area contributed by atoms with Crippen LogP contribution in [-0.2, 0) is 18.4 Å². The van der Waals surface area contributed by atoms with Gasteiger partial charge in [-0.2, -0.15) is 0 Å². The summed E-state index contributed by atoms with van der Waals surface area (Å²) in [5, 5.41) is 13.8. The van der Waals surface area contributed by atoms with E-state index in [0.29, 0.717) is 17.4 Å². The molecular weight excluding hydrogens is 876 g/mol. The van der Waals surface area contributed by atoms with Gasteiger partial charge in [0.15, 0.2) is 0 Å². The van der Waals surface area contributed by atoms with Crippen LogP contribution in [0.4, 0.5) is 0 Å². The molecule has 0 aliphatic heterocycles. The summed E-state index contributed by atoms with van der Waals surface area (Å²) in [5.74, 6) is -0.219. The molecule has 0 heterocycles. The molecule has 0 aromatic heterocycles. The summed E-state index contributed by atoms with van der Waals surface area (Å²) in [4.78, 5) is 25.5. The van der Waals surface area contributed by atoms with Crippen molar-refractivity contribution < 1.29 is 32.9 Å². The van der Waals surface area contributed by atoms with Crippen LogP contribution >= 0.6 is 7.82 Å². The van der Waals surface area contributed by atoms with E-state index < -0.39 is 26.6 Å². The fraction of sp³-hybridized carbons (Fsp3) is 0.817. The lowest BCUT2D eigenvalue weighted by molar-refractivity contribution is -0.870.